The molecule has 0 spiro atoms. The predicted molar refractivity (Wildman–Crippen MR) is 209 cm³/mol. The molecule has 0 unspecified atom stereocenters. The number of fused-ring (bicyclic) bond motifs is 6. The Morgan fingerprint density at radius 2 is 0.960 bits per heavy atom. The SMILES string of the molecule is c1ccc(-c2nc(-c3cccc4c3-c3ccccc3C4(c3ccccc3)c3ccccc3)cc(-c3cccc4sc5ccccc5c34)n2)cc1. The number of hydrogen-bond donors (Lipinski definition) is 0. The average molecular weight is 655 g/mol. The van der Waals surface area contributed by atoms with Crippen molar-refractivity contribution < 1.29 is 0 Å². The molecule has 10 rings (SSSR count). The van der Waals surface area contributed by atoms with Crippen molar-refractivity contribution in [1.29, 1.82) is 0 Å². The zero-order valence-corrected chi connectivity index (χ0v) is 27.9. The number of benzene rings is 7. The van der Waals surface area contributed by atoms with E-state index in [0.29, 0.717) is 0 Å². The summed E-state index contributed by atoms with van der Waals surface area (Å²) in [6.07, 6.45) is 0. The van der Waals surface area contributed by atoms with Gasteiger partial charge >= 0.3 is 0 Å². The van der Waals surface area contributed by atoms with Crippen molar-refractivity contribution in [3.8, 4) is 45.0 Å². The Bertz CT molecular complexity index is 2660. The van der Waals surface area contributed by atoms with Crippen LogP contribution in [0.3, 0.4) is 0 Å². The van der Waals surface area contributed by atoms with Crippen LogP contribution in [0.25, 0.3) is 65.2 Å². The maximum atomic E-state index is 5.36. The molecule has 2 nitrogen and oxygen atoms in total. The first-order valence-electron chi connectivity index (χ1n) is 17.0. The summed E-state index contributed by atoms with van der Waals surface area (Å²) < 4.78 is 2.54. The van der Waals surface area contributed by atoms with E-state index in [1.807, 2.05) is 17.4 Å². The van der Waals surface area contributed by atoms with E-state index in [2.05, 4.69) is 176 Å². The third-order valence-corrected chi connectivity index (χ3v) is 11.3. The van der Waals surface area contributed by atoms with Crippen molar-refractivity contribution in [1.82, 2.24) is 9.97 Å². The Labute approximate surface area is 295 Å². The Kier molecular flexibility index (Phi) is 6.61. The molecule has 50 heavy (non-hydrogen) atoms. The number of thiophene rings is 1. The average Bonchev–Trinajstić information content (AvgIpc) is 3.73. The molecule has 0 radical (unpaired) electrons. The molecule has 0 atom stereocenters. The molecule has 7 aromatic carbocycles. The van der Waals surface area contributed by atoms with Crippen molar-refractivity contribution >= 4 is 31.5 Å². The van der Waals surface area contributed by atoms with Gasteiger partial charge in [-0.05, 0) is 51.6 Å². The first-order valence-corrected chi connectivity index (χ1v) is 17.8. The Balaban J connectivity index is 1.29. The summed E-state index contributed by atoms with van der Waals surface area (Å²) in [5, 5.41) is 2.50. The molecular weight excluding hydrogens is 625 g/mol. The predicted octanol–water partition coefficient (Wildman–Crippen LogP) is 12.2. The minimum atomic E-state index is -0.482. The fraction of sp³-hybridized carbons (Fsp3) is 0.0213. The van der Waals surface area contributed by atoms with Crippen LogP contribution in [0.5, 0.6) is 0 Å². The molecule has 0 aliphatic heterocycles. The second-order valence-corrected chi connectivity index (χ2v) is 13.9. The van der Waals surface area contributed by atoms with Crippen LogP contribution in [0.15, 0.2) is 182 Å². The maximum absolute atomic E-state index is 5.36. The third-order valence-electron chi connectivity index (χ3n) is 10.2. The maximum Gasteiger partial charge on any atom is 0.160 e. The molecule has 2 aromatic heterocycles. The molecule has 2 heterocycles. The zero-order chi connectivity index (χ0) is 33.1. The van der Waals surface area contributed by atoms with E-state index in [-0.39, 0.29) is 0 Å². The largest absolute Gasteiger partial charge is 0.228 e. The van der Waals surface area contributed by atoms with E-state index in [1.165, 1.54) is 53.6 Å². The van der Waals surface area contributed by atoms with Gasteiger partial charge in [0.1, 0.15) is 0 Å². The van der Waals surface area contributed by atoms with E-state index in [4.69, 9.17) is 9.97 Å². The monoisotopic (exact) mass is 654 g/mol. The fourth-order valence-electron chi connectivity index (χ4n) is 8.13. The second kappa shape index (κ2) is 11.5. The highest BCUT2D eigenvalue weighted by atomic mass is 32.1. The van der Waals surface area contributed by atoms with Crippen LogP contribution < -0.4 is 0 Å². The highest BCUT2D eigenvalue weighted by Gasteiger charge is 2.46. The van der Waals surface area contributed by atoms with Crippen molar-refractivity contribution in [2.75, 3.05) is 0 Å². The van der Waals surface area contributed by atoms with E-state index in [1.54, 1.807) is 0 Å². The first-order chi connectivity index (χ1) is 24.8. The lowest BCUT2D eigenvalue weighted by molar-refractivity contribution is 0.768. The van der Waals surface area contributed by atoms with Crippen molar-refractivity contribution in [3.63, 3.8) is 0 Å². The van der Waals surface area contributed by atoms with Crippen LogP contribution in [-0.4, -0.2) is 9.97 Å². The lowest BCUT2D eigenvalue weighted by atomic mass is 9.67. The molecule has 1 aliphatic carbocycles. The molecule has 0 fully saturated rings. The third kappa shape index (κ3) is 4.27. The molecule has 1 aliphatic rings. The molecule has 0 bridgehead atoms. The summed E-state index contributed by atoms with van der Waals surface area (Å²) in [6, 6.07) is 65.4. The van der Waals surface area contributed by atoms with Crippen molar-refractivity contribution in [3.05, 3.63) is 204 Å². The lowest BCUT2D eigenvalue weighted by Gasteiger charge is -2.33. The zero-order valence-electron chi connectivity index (χ0n) is 27.1. The van der Waals surface area contributed by atoms with E-state index >= 15 is 0 Å². The van der Waals surface area contributed by atoms with Gasteiger partial charge in [-0.3, -0.25) is 0 Å². The van der Waals surface area contributed by atoms with Crippen LogP contribution in [0, 0.1) is 0 Å². The molecule has 0 amide bonds. The van der Waals surface area contributed by atoms with Crippen molar-refractivity contribution in [2.45, 2.75) is 5.41 Å². The normalized spacial score (nSPS) is 13.0. The molecule has 234 valence electrons. The van der Waals surface area contributed by atoms with Gasteiger partial charge in [0.25, 0.3) is 0 Å². The second-order valence-electron chi connectivity index (χ2n) is 12.9. The highest BCUT2D eigenvalue weighted by molar-refractivity contribution is 7.25. The van der Waals surface area contributed by atoms with Gasteiger partial charge in [-0.25, -0.2) is 9.97 Å². The highest BCUT2D eigenvalue weighted by Crippen LogP contribution is 2.58. The van der Waals surface area contributed by atoms with Crippen LogP contribution in [-0.2, 0) is 5.41 Å². The number of nitrogens with zero attached hydrogens (tertiary/aromatic N) is 2. The molecule has 0 saturated heterocycles. The Hall–Kier alpha value is -6.16. The number of aromatic nitrogens is 2. The summed E-state index contributed by atoms with van der Waals surface area (Å²) in [4.78, 5) is 10.7. The minimum absolute atomic E-state index is 0.482. The molecular formula is C47H30N2S. The first kappa shape index (κ1) is 28.8. The van der Waals surface area contributed by atoms with Gasteiger partial charge in [0, 0.05) is 36.9 Å². The Morgan fingerprint density at radius 3 is 1.72 bits per heavy atom. The van der Waals surface area contributed by atoms with Gasteiger partial charge in [-0.15, -0.1) is 11.3 Å². The smallest absolute Gasteiger partial charge is 0.160 e. The topological polar surface area (TPSA) is 25.8 Å². The van der Waals surface area contributed by atoms with Gasteiger partial charge < -0.3 is 0 Å². The van der Waals surface area contributed by atoms with E-state index in [9.17, 15) is 0 Å². The summed E-state index contributed by atoms with van der Waals surface area (Å²) in [5.41, 5.74) is 12.1. The lowest BCUT2D eigenvalue weighted by Crippen LogP contribution is -2.28. The number of rotatable bonds is 5. The quantitative estimate of drug-likeness (QED) is 0.185. The summed E-state index contributed by atoms with van der Waals surface area (Å²) in [5.74, 6) is 0.718. The molecule has 0 N–H and O–H groups in total. The summed E-state index contributed by atoms with van der Waals surface area (Å²) in [6.45, 7) is 0. The summed E-state index contributed by atoms with van der Waals surface area (Å²) >= 11 is 1.83. The van der Waals surface area contributed by atoms with Crippen LogP contribution in [0.1, 0.15) is 22.3 Å². The van der Waals surface area contributed by atoms with Gasteiger partial charge in [0.2, 0.25) is 0 Å². The van der Waals surface area contributed by atoms with E-state index < -0.39 is 5.41 Å². The van der Waals surface area contributed by atoms with Crippen LogP contribution >= 0.6 is 11.3 Å². The molecule has 3 heteroatoms. The van der Waals surface area contributed by atoms with Crippen molar-refractivity contribution in [2.24, 2.45) is 0 Å². The van der Waals surface area contributed by atoms with Gasteiger partial charge in [-0.2, -0.15) is 0 Å². The van der Waals surface area contributed by atoms with Gasteiger partial charge in [-0.1, -0.05) is 164 Å². The van der Waals surface area contributed by atoms with Gasteiger partial charge in [0.05, 0.1) is 16.8 Å². The summed E-state index contributed by atoms with van der Waals surface area (Å²) in [7, 11) is 0. The minimum Gasteiger partial charge on any atom is -0.228 e. The standard InChI is InChI=1S/C47H30N2S/c1-4-16-31(17-5-1)46-48-40(30-41(49-46)36-25-15-29-43-45(36)37-23-11-13-28-42(37)50-43)35-24-14-27-39-44(35)34-22-10-12-26-38(34)47(39,32-18-6-2-7-19-32)33-20-8-3-9-21-33/h1-30H. The Morgan fingerprint density at radius 1 is 0.420 bits per heavy atom. The fourth-order valence-corrected chi connectivity index (χ4v) is 9.27. The van der Waals surface area contributed by atoms with E-state index in [0.717, 1.165) is 33.9 Å². The van der Waals surface area contributed by atoms with Crippen LogP contribution in [0.4, 0.5) is 0 Å². The van der Waals surface area contributed by atoms with Gasteiger partial charge in [0.15, 0.2) is 5.82 Å². The molecule has 0 saturated carbocycles. The van der Waals surface area contributed by atoms with Crippen LogP contribution in [0.2, 0.25) is 0 Å². The number of hydrogen-bond acceptors (Lipinski definition) is 3. The molecule has 9 aromatic rings.